The number of ether oxygens (including phenoxy) is 3. The predicted octanol–water partition coefficient (Wildman–Crippen LogP) is 6.21. The maximum Gasteiger partial charge on any atom is 0.414 e. The fourth-order valence-corrected chi connectivity index (χ4v) is 5.09. The zero-order valence-corrected chi connectivity index (χ0v) is 22.4. The average molecular weight is 595 g/mol. The summed E-state index contributed by atoms with van der Waals surface area (Å²) in [5.41, 5.74) is 8.02. The number of aromatic nitrogens is 2. The smallest absolute Gasteiger partial charge is 0.414 e. The molecule has 1 fully saturated rings. The number of Topliss-reactive ketones (excluding diaryl/α,β-unsaturated/α-hetero) is 1. The van der Waals surface area contributed by atoms with Gasteiger partial charge in [-0.3, -0.25) is 9.69 Å². The molecule has 13 heteroatoms. The highest BCUT2D eigenvalue weighted by Gasteiger charge is 2.31. The number of carbonyl (C=O) groups excluding carboxylic acids is 2. The number of ketones is 1. The Morgan fingerprint density at radius 3 is 2.58 bits per heavy atom. The van der Waals surface area contributed by atoms with Crippen molar-refractivity contribution >= 4 is 29.5 Å². The number of hydrogen-bond acceptors (Lipinski definition) is 7. The first-order valence-corrected chi connectivity index (χ1v) is 13.0. The van der Waals surface area contributed by atoms with Gasteiger partial charge in [0, 0.05) is 18.1 Å². The van der Waals surface area contributed by atoms with Crippen LogP contribution in [0.2, 0.25) is 0 Å². The molecular weight excluding hydrogens is 572 g/mol. The van der Waals surface area contributed by atoms with E-state index < -0.39 is 30.1 Å². The predicted molar refractivity (Wildman–Crippen MR) is 147 cm³/mol. The van der Waals surface area contributed by atoms with Gasteiger partial charge in [0.2, 0.25) is 0 Å². The lowest BCUT2D eigenvalue weighted by Gasteiger charge is -2.19. The van der Waals surface area contributed by atoms with Crippen LogP contribution in [-0.4, -0.2) is 41.4 Å². The van der Waals surface area contributed by atoms with E-state index in [0.717, 1.165) is 10.7 Å². The van der Waals surface area contributed by atoms with Crippen LogP contribution in [0.1, 0.15) is 27.0 Å². The van der Waals surface area contributed by atoms with Gasteiger partial charge in [-0.25, -0.2) is 18.3 Å². The summed E-state index contributed by atoms with van der Waals surface area (Å²) < 4.78 is 71.8. The number of aryl methyl sites for hydroxylation is 1. The largest absolute Gasteiger partial charge is 0.454 e. The molecule has 1 amide bonds. The van der Waals surface area contributed by atoms with E-state index in [0.29, 0.717) is 16.7 Å². The molecule has 1 aliphatic carbocycles. The van der Waals surface area contributed by atoms with Crippen molar-refractivity contribution in [1.82, 2.24) is 9.78 Å². The average Bonchev–Trinajstić information content (AvgIpc) is 3.67. The summed E-state index contributed by atoms with van der Waals surface area (Å²) in [5.74, 6) is -2.28. The van der Waals surface area contributed by atoms with Gasteiger partial charge < -0.3 is 19.9 Å². The molecule has 9 nitrogen and oxygen atoms in total. The van der Waals surface area contributed by atoms with Gasteiger partial charge in [0.05, 0.1) is 24.0 Å². The number of nitrogen functional groups attached to an aromatic ring is 1. The fraction of sp³-hybridized carbons (Fsp3) is 0.167. The topological polar surface area (TPSA) is 109 Å². The van der Waals surface area contributed by atoms with Crippen molar-refractivity contribution < 1.29 is 41.4 Å². The van der Waals surface area contributed by atoms with Crippen molar-refractivity contribution in [2.45, 2.75) is 20.0 Å². The van der Waals surface area contributed by atoms with E-state index >= 15 is 4.39 Å². The number of para-hydroxylation sites is 1. The van der Waals surface area contributed by atoms with Crippen molar-refractivity contribution in [3.63, 3.8) is 0 Å². The molecule has 0 bridgehead atoms. The van der Waals surface area contributed by atoms with Crippen LogP contribution in [0.4, 0.5) is 33.9 Å². The van der Waals surface area contributed by atoms with Gasteiger partial charge in [-0.2, -0.15) is 13.9 Å². The second-order valence-electron chi connectivity index (χ2n) is 9.80. The number of rotatable bonds is 8. The van der Waals surface area contributed by atoms with Crippen LogP contribution in [0.5, 0.6) is 17.2 Å². The summed E-state index contributed by atoms with van der Waals surface area (Å²) in [4.78, 5) is 26.8. The minimum Gasteiger partial charge on any atom is -0.454 e. The first kappa shape index (κ1) is 27.8. The molecule has 0 unspecified atom stereocenters. The Labute approximate surface area is 241 Å². The van der Waals surface area contributed by atoms with E-state index in [2.05, 4.69) is 9.84 Å². The highest BCUT2D eigenvalue weighted by atomic mass is 19.3. The Bertz CT molecular complexity index is 1800. The van der Waals surface area contributed by atoms with E-state index in [-0.39, 0.29) is 65.2 Å². The molecule has 0 spiro atoms. The number of nitrogens with zero attached hydrogens (tertiary/aromatic N) is 3. The SMILES string of the molecule is Cc1cc(Oc2ccccc2F)cc(F)c1-n1ncc(C(=O)C2=Cc3cc(OC(F)F)c(N4CCOC4=O)cc3C2)c1N. The van der Waals surface area contributed by atoms with Gasteiger partial charge in [-0.15, -0.1) is 0 Å². The Kier molecular flexibility index (Phi) is 7.00. The maximum atomic E-state index is 15.3. The Balaban J connectivity index is 1.27. The number of alkyl halides is 2. The highest BCUT2D eigenvalue weighted by Crippen LogP contribution is 2.40. The summed E-state index contributed by atoms with van der Waals surface area (Å²) in [7, 11) is 0. The number of carbonyl (C=O) groups is 2. The normalized spacial score (nSPS) is 14.1. The van der Waals surface area contributed by atoms with Crippen LogP contribution < -0.4 is 20.1 Å². The number of nitrogens with two attached hydrogens (primary N) is 1. The minimum absolute atomic E-state index is 0.00284. The Hall–Kier alpha value is -5.33. The third-order valence-electron chi connectivity index (χ3n) is 7.05. The molecule has 43 heavy (non-hydrogen) atoms. The van der Waals surface area contributed by atoms with Crippen LogP contribution in [0, 0.1) is 18.6 Å². The molecule has 0 saturated carbocycles. The van der Waals surface area contributed by atoms with E-state index in [1.54, 1.807) is 13.0 Å². The van der Waals surface area contributed by atoms with Gasteiger partial charge in [0.1, 0.15) is 23.9 Å². The zero-order valence-electron chi connectivity index (χ0n) is 22.4. The molecule has 1 aliphatic heterocycles. The van der Waals surface area contributed by atoms with E-state index in [9.17, 15) is 22.8 Å². The van der Waals surface area contributed by atoms with Crippen LogP contribution in [0.25, 0.3) is 11.8 Å². The molecule has 2 heterocycles. The molecule has 0 atom stereocenters. The van der Waals surface area contributed by atoms with Crippen molar-refractivity contribution in [1.29, 1.82) is 0 Å². The van der Waals surface area contributed by atoms with Crippen LogP contribution in [0.15, 0.2) is 60.3 Å². The maximum absolute atomic E-state index is 15.3. The lowest BCUT2D eigenvalue weighted by molar-refractivity contribution is -0.0495. The summed E-state index contributed by atoms with van der Waals surface area (Å²) in [6.45, 7) is -1.32. The Morgan fingerprint density at radius 1 is 1.09 bits per heavy atom. The summed E-state index contributed by atoms with van der Waals surface area (Å²) in [5, 5.41) is 4.14. The van der Waals surface area contributed by atoms with E-state index in [1.807, 2.05) is 0 Å². The van der Waals surface area contributed by atoms with Crippen LogP contribution >= 0.6 is 0 Å². The molecule has 3 aromatic carbocycles. The number of allylic oxidation sites excluding steroid dienone is 1. The third-order valence-corrected chi connectivity index (χ3v) is 7.05. The number of anilines is 2. The number of benzene rings is 3. The molecule has 1 aromatic heterocycles. The number of fused-ring (bicyclic) bond motifs is 1. The van der Waals surface area contributed by atoms with Crippen molar-refractivity contribution in [2.75, 3.05) is 23.8 Å². The molecular formula is C30H22F4N4O5. The van der Waals surface area contributed by atoms with Crippen LogP contribution in [0.3, 0.4) is 0 Å². The summed E-state index contributed by atoms with van der Waals surface area (Å²) >= 11 is 0. The van der Waals surface area contributed by atoms with Gasteiger partial charge in [-0.05, 0) is 60.0 Å². The monoisotopic (exact) mass is 594 g/mol. The molecule has 220 valence electrons. The molecule has 2 aliphatic rings. The molecule has 6 rings (SSSR count). The van der Waals surface area contributed by atoms with E-state index in [4.69, 9.17) is 15.2 Å². The van der Waals surface area contributed by atoms with Gasteiger partial charge in [0.15, 0.2) is 28.9 Å². The molecule has 0 radical (unpaired) electrons. The van der Waals surface area contributed by atoms with Crippen molar-refractivity contribution in [2.24, 2.45) is 0 Å². The number of hydrogen-bond donors (Lipinski definition) is 1. The first-order valence-electron chi connectivity index (χ1n) is 13.0. The van der Waals surface area contributed by atoms with Gasteiger partial charge in [0.25, 0.3) is 0 Å². The Morgan fingerprint density at radius 2 is 1.88 bits per heavy atom. The zero-order chi connectivity index (χ0) is 30.4. The lowest BCUT2D eigenvalue weighted by Crippen LogP contribution is -2.24. The van der Waals surface area contributed by atoms with Crippen LogP contribution in [-0.2, 0) is 11.2 Å². The first-order chi connectivity index (χ1) is 20.6. The summed E-state index contributed by atoms with van der Waals surface area (Å²) in [6.07, 6.45) is 2.13. The van der Waals surface area contributed by atoms with Crippen molar-refractivity contribution in [3.8, 4) is 22.9 Å². The second kappa shape index (κ2) is 10.8. The standard InChI is InChI=1S/C30H22F4N4O5/c1-15-8-19(42-24-5-3-2-4-21(24)31)13-22(32)26(15)38-28(35)20(14-36-38)27(39)18-9-16-11-23(37-6-7-41-30(37)40)25(43-29(33)34)12-17(16)10-18/h2-5,8,10-14,29H,6-7,9,35H2,1H3. The highest BCUT2D eigenvalue weighted by molar-refractivity contribution is 6.15. The minimum atomic E-state index is -3.14. The molecule has 4 aromatic rings. The van der Waals surface area contributed by atoms with Gasteiger partial charge in [-0.1, -0.05) is 12.1 Å². The lowest BCUT2D eigenvalue weighted by atomic mass is 10.0. The van der Waals surface area contributed by atoms with Gasteiger partial charge >= 0.3 is 12.7 Å². The molecule has 1 saturated heterocycles. The quantitative estimate of drug-likeness (QED) is 0.191. The number of amides is 1. The number of halogens is 4. The third kappa shape index (κ3) is 5.13. The number of cyclic esters (lactones) is 1. The molecule has 2 N–H and O–H groups in total. The van der Waals surface area contributed by atoms with E-state index in [1.165, 1.54) is 53.6 Å². The summed E-state index contributed by atoms with van der Waals surface area (Å²) in [6, 6.07) is 11.1. The fourth-order valence-electron chi connectivity index (χ4n) is 5.09. The second-order valence-corrected chi connectivity index (χ2v) is 9.80. The van der Waals surface area contributed by atoms with Crippen molar-refractivity contribution in [3.05, 3.63) is 94.2 Å².